The van der Waals surface area contributed by atoms with E-state index in [0.29, 0.717) is 27.7 Å². The van der Waals surface area contributed by atoms with Gasteiger partial charge in [-0.1, -0.05) is 37.6 Å². The van der Waals surface area contributed by atoms with Crippen molar-refractivity contribution in [1.82, 2.24) is 4.98 Å². The number of hydrogen-bond acceptors (Lipinski definition) is 4. The van der Waals surface area contributed by atoms with Gasteiger partial charge < -0.3 is 15.6 Å². The summed E-state index contributed by atoms with van der Waals surface area (Å²) in [7, 11) is 1.59. The molecule has 1 heterocycles. The van der Waals surface area contributed by atoms with Crippen molar-refractivity contribution in [3.8, 4) is 5.75 Å². The van der Waals surface area contributed by atoms with Crippen LogP contribution in [0.2, 0.25) is 5.15 Å². The number of aliphatic hydroxyl groups excluding tert-OH is 1. The Labute approximate surface area is 148 Å². The molecule has 1 aromatic carbocycles. The summed E-state index contributed by atoms with van der Waals surface area (Å²) in [5.41, 5.74) is 8.89. The van der Waals surface area contributed by atoms with Crippen molar-refractivity contribution in [1.29, 1.82) is 0 Å². The SMILES string of the molecule is CC.COc1cc(/C(N)=N/C(O)c2cc(C)nc(Cl)c2)ccc1C. The average Bonchev–Trinajstić information content (AvgIpc) is 2.56. The Morgan fingerprint density at radius 2 is 1.92 bits per heavy atom. The van der Waals surface area contributed by atoms with E-state index in [1.165, 1.54) is 0 Å². The molecule has 0 fully saturated rings. The van der Waals surface area contributed by atoms with Crippen LogP contribution in [0.1, 0.15) is 42.5 Å². The molecule has 6 heteroatoms. The van der Waals surface area contributed by atoms with Crippen LogP contribution in [0.25, 0.3) is 0 Å². The van der Waals surface area contributed by atoms with Crippen molar-refractivity contribution in [2.75, 3.05) is 7.11 Å². The van der Waals surface area contributed by atoms with Gasteiger partial charge in [-0.3, -0.25) is 0 Å². The molecule has 0 radical (unpaired) electrons. The topological polar surface area (TPSA) is 80.7 Å². The standard InChI is InChI=1S/C16H18ClN3O2.C2H6/c1-9-4-5-11(7-13(9)22-3)15(18)20-16(21)12-6-10(2)19-14(17)8-12;1-2/h4-8,16,21H,1-3H3,(H2,18,20);1-2H3. The quantitative estimate of drug-likeness (QED) is 0.500. The molecule has 0 spiro atoms. The Morgan fingerprint density at radius 3 is 2.50 bits per heavy atom. The van der Waals surface area contributed by atoms with E-state index in [4.69, 9.17) is 22.1 Å². The predicted molar refractivity (Wildman–Crippen MR) is 98.7 cm³/mol. The van der Waals surface area contributed by atoms with Crippen molar-refractivity contribution < 1.29 is 9.84 Å². The lowest BCUT2D eigenvalue weighted by Gasteiger charge is -2.11. The van der Waals surface area contributed by atoms with Crippen LogP contribution in [0.15, 0.2) is 35.3 Å². The zero-order chi connectivity index (χ0) is 18.3. The van der Waals surface area contributed by atoms with E-state index in [9.17, 15) is 5.11 Å². The molecule has 0 saturated heterocycles. The van der Waals surface area contributed by atoms with Gasteiger partial charge in [-0.2, -0.15) is 0 Å². The molecule has 0 aliphatic carbocycles. The lowest BCUT2D eigenvalue weighted by atomic mass is 10.1. The third-order valence-electron chi connectivity index (χ3n) is 3.21. The fourth-order valence-corrected chi connectivity index (χ4v) is 2.32. The Morgan fingerprint density at radius 1 is 1.25 bits per heavy atom. The maximum Gasteiger partial charge on any atom is 0.173 e. The lowest BCUT2D eigenvalue weighted by Crippen LogP contribution is -2.15. The number of pyridine rings is 1. The summed E-state index contributed by atoms with van der Waals surface area (Å²) in [4.78, 5) is 8.16. The molecule has 0 saturated carbocycles. The molecule has 0 bridgehead atoms. The summed E-state index contributed by atoms with van der Waals surface area (Å²) < 4.78 is 5.26. The van der Waals surface area contributed by atoms with Crippen molar-refractivity contribution in [3.63, 3.8) is 0 Å². The zero-order valence-electron chi connectivity index (χ0n) is 14.7. The first-order chi connectivity index (χ1) is 11.4. The molecule has 130 valence electrons. The fraction of sp³-hybridized carbons (Fsp3) is 0.333. The molecule has 2 rings (SSSR count). The van der Waals surface area contributed by atoms with E-state index in [2.05, 4.69) is 9.98 Å². The number of amidine groups is 1. The molecule has 1 aromatic heterocycles. The Balaban J connectivity index is 0.00000139. The summed E-state index contributed by atoms with van der Waals surface area (Å²) in [6.45, 7) is 7.73. The molecule has 0 aliphatic rings. The van der Waals surface area contributed by atoms with Gasteiger partial charge in [0.05, 0.1) is 7.11 Å². The summed E-state index contributed by atoms with van der Waals surface area (Å²) in [6.07, 6.45) is -1.11. The largest absolute Gasteiger partial charge is 0.496 e. The average molecular weight is 350 g/mol. The number of nitrogens with zero attached hydrogens (tertiary/aromatic N) is 2. The highest BCUT2D eigenvalue weighted by molar-refractivity contribution is 6.29. The Kier molecular flexibility index (Phi) is 7.68. The van der Waals surface area contributed by atoms with E-state index < -0.39 is 6.23 Å². The molecule has 1 unspecified atom stereocenters. The van der Waals surface area contributed by atoms with Gasteiger partial charge >= 0.3 is 0 Å². The third-order valence-corrected chi connectivity index (χ3v) is 3.40. The summed E-state index contributed by atoms with van der Waals surface area (Å²) in [5, 5.41) is 10.5. The van der Waals surface area contributed by atoms with E-state index in [1.54, 1.807) is 32.2 Å². The van der Waals surface area contributed by atoms with Crippen molar-refractivity contribution in [3.05, 3.63) is 57.9 Å². The summed E-state index contributed by atoms with van der Waals surface area (Å²) in [6, 6.07) is 8.77. The monoisotopic (exact) mass is 349 g/mol. The number of hydrogen-bond donors (Lipinski definition) is 2. The highest BCUT2D eigenvalue weighted by Crippen LogP contribution is 2.21. The van der Waals surface area contributed by atoms with Gasteiger partial charge in [-0.25, -0.2) is 9.98 Å². The molecule has 3 N–H and O–H groups in total. The first-order valence-corrected chi connectivity index (χ1v) is 8.09. The number of halogens is 1. The van der Waals surface area contributed by atoms with Gasteiger partial charge in [-0.15, -0.1) is 0 Å². The first-order valence-electron chi connectivity index (χ1n) is 7.71. The second-order valence-electron chi connectivity index (χ2n) is 4.94. The molecule has 2 aromatic rings. The minimum absolute atomic E-state index is 0.219. The van der Waals surface area contributed by atoms with Crippen LogP contribution >= 0.6 is 11.6 Å². The van der Waals surface area contributed by atoms with Gasteiger partial charge in [-0.05, 0) is 37.6 Å². The number of ether oxygens (including phenoxy) is 1. The van der Waals surface area contributed by atoms with E-state index in [-0.39, 0.29) is 5.84 Å². The number of nitrogens with two attached hydrogens (primary N) is 1. The van der Waals surface area contributed by atoms with Gasteiger partial charge in [0, 0.05) is 16.8 Å². The van der Waals surface area contributed by atoms with E-state index in [0.717, 1.165) is 5.56 Å². The van der Waals surface area contributed by atoms with Crippen LogP contribution in [0.4, 0.5) is 0 Å². The number of aromatic nitrogens is 1. The number of aryl methyl sites for hydroxylation is 2. The van der Waals surface area contributed by atoms with Crippen molar-refractivity contribution in [2.24, 2.45) is 10.7 Å². The minimum atomic E-state index is -1.11. The van der Waals surface area contributed by atoms with Crippen LogP contribution in [0.3, 0.4) is 0 Å². The molecule has 1 atom stereocenters. The normalized spacial score (nSPS) is 12.2. The third kappa shape index (κ3) is 5.22. The number of methoxy groups -OCH3 is 1. The molecule has 0 amide bonds. The predicted octanol–water partition coefficient (Wildman–Crippen LogP) is 3.78. The lowest BCUT2D eigenvalue weighted by molar-refractivity contribution is 0.188. The smallest absolute Gasteiger partial charge is 0.173 e. The maximum absolute atomic E-state index is 10.2. The molecular weight excluding hydrogens is 326 g/mol. The minimum Gasteiger partial charge on any atom is -0.496 e. The second kappa shape index (κ2) is 9.25. The fourth-order valence-electron chi connectivity index (χ4n) is 2.06. The molecular formula is C18H24ClN3O2. The highest BCUT2D eigenvalue weighted by atomic mass is 35.5. The van der Waals surface area contributed by atoms with E-state index >= 15 is 0 Å². The zero-order valence-corrected chi connectivity index (χ0v) is 15.4. The molecule has 24 heavy (non-hydrogen) atoms. The van der Waals surface area contributed by atoms with Gasteiger partial charge in [0.1, 0.15) is 16.7 Å². The number of rotatable bonds is 4. The van der Waals surface area contributed by atoms with Crippen LogP contribution < -0.4 is 10.5 Å². The number of aliphatic hydroxyl groups is 1. The summed E-state index contributed by atoms with van der Waals surface area (Å²) >= 11 is 5.89. The van der Waals surface area contributed by atoms with E-state index in [1.807, 2.05) is 32.9 Å². The van der Waals surface area contributed by atoms with Crippen LogP contribution in [-0.2, 0) is 0 Å². The molecule has 0 aliphatic heterocycles. The van der Waals surface area contributed by atoms with Crippen molar-refractivity contribution in [2.45, 2.75) is 33.9 Å². The van der Waals surface area contributed by atoms with Gasteiger partial charge in [0.15, 0.2) is 6.23 Å². The van der Waals surface area contributed by atoms with Crippen molar-refractivity contribution >= 4 is 17.4 Å². The number of aliphatic imine (C=N–C) groups is 1. The first kappa shape index (κ1) is 19.9. The van der Waals surface area contributed by atoms with Crippen LogP contribution in [0.5, 0.6) is 5.75 Å². The Bertz CT molecular complexity index is 697. The number of benzene rings is 1. The van der Waals surface area contributed by atoms with Crippen LogP contribution in [-0.4, -0.2) is 23.0 Å². The molecule has 5 nitrogen and oxygen atoms in total. The summed E-state index contributed by atoms with van der Waals surface area (Å²) in [5.74, 6) is 0.935. The second-order valence-corrected chi connectivity index (χ2v) is 5.32. The van der Waals surface area contributed by atoms with Gasteiger partial charge in [0.2, 0.25) is 0 Å². The van der Waals surface area contributed by atoms with Crippen LogP contribution in [0, 0.1) is 13.8 Å². The maximum atomic E-state index is 10.2. The highest BCUT2D eigenvalue weighted by Gasteiger charge is 2.10. The Hall–Kier alpha value is -2.11. The van der Waals surface area contributed by atoms with Gasteiger partial charge in [0.25, 0.3) is 0 Å².